The molecule has 9 rings (SSSR count). The normalized spacial score (nSPS) is 11.2. The highest BCUT2D eigenvalue weighted by Crippen LogP contribution is 2.43. The van der Waals surface area contributed by atoms with Gasteiger partial charge in [-0.25, -0.2) is 4.98 Å². The molecule has 0 N–H and O–H groups in total. The van der Waals surface area contributed by atoms with Crippen LogP contribution in [0.4, 0.5) is 17.1 Å². The molecule has 0 saturated carbocycles. The summed E-state index contributed by atoms with van der Waals surface area (Å²) in [5.41, 5.74) is 9.47. The Morgan fingerprint density at radius 3 is 1.46 bits per heavy atom. The van der Waals surface area contributed by atoms with Gasteiger partial charge < -0.3 is 4.90 Å². The van der Waals surface area contributed by atoms with Crippen molar-refractivity contribution >= 4 is 38.9 Å². The lowest BCUT2D eigenvalue weighted by Crippen LogP contribution is -2.10. The van der Waals surface area contributed by atoms with Crippen molar-refractivity contribution in [2.45, 2.75) is 0 Å². The predicted molar refractivity (Wildman–Crippen MR) is 205 cm³/mol. The summed E-state index contributed by atoms with van der Waals surface area (Å²) in [7, 11) is 0. The quantitative estimate of drug-likeness (QED) is 0.174. The van der Waals surface area contributed by atoms with E-state index in [1.54, 1.807) is 0 Å². The van der Waals surface area contributed by atoms with Crippen molar-refractivity contribution in [2.24, 2.45) is 0 Å². The average Bonchev–Trinajstić information content (AvgIpc) is 3.55. The molecular weight excluding hydrogens is 611 g/mol. The van der Waals surface area contributed by atoms with Crippen molar-refractivity contribution in [1.29, 1.82) is 0 Å². The molecule has 9 aromatic rings. The van der Waals surface area contributed by atoms with E-state index in [0.29, 0.717) is 17.6 Å². The molecule has 0 aliphatic rings. The smallest absolute Gasteiger partial charge is 0.238 e. The van der Waals surface area contributed by atoms with Crippen LogP contribution >= 0.6 is 0 Å². The van der Waals surface area contributed by atoms with E-state index in [1.165, 1.54) is 11.1 Å². The fourth-order valence-corrected chi connectivity index (χ4v) is 6.74. The molecule has 5 nitrogen and oxygen atoms in total. The van der Waals surface area contributed by atoms with Gasteiger partial charge in [0.25, 0.3) is 0 Å². The average molecular weight is 642 g/mol. The van der Waals surface area contributed by atoms with E-state index in [9.17, 15) is 0 Å². The lowest BCUT2D eigenvalue weighted by atomic mass is 10.0. The molecule has 0 saturated heterocycles. The van der Waals surface area contributed by atoms with E-state index in [0.717, 1.165) is 50.0 Å². The maximum absolute atomic E-state index is 5.13. The lowest BCUT2D eigenvalue weighted by molar-refractivity contribution is 0.953. The van der Waals surface area contributed by atoms with Crippen LogP contribution in [0.25, 0.3) is 61.7 Å². The van der Waals surface area contributed by atoms with Crippen molar-refractivity contribution in [3.63, 3.8) is 0 Å². The Bertz CT molecular complexity index is 2510. The van der Waals surface area contributed by atoms with Crippen molar-refractivity contribution in [2.75, 3.05) is 4.90 Å². The Morgan fingerprint density at radius 2 is 0.840 bits per heavy atom. The SMILES string of the molecule is c1ccc(-c2ccc(N(c3ccccc3)c3cccc4c3c3ccccc3n4-c3nc(-c4ccccc4)nc(-c4ccccc4)n3)cc2)cc1. The molecule has 2 heterocycles. The van der Waals surface area contributed by atoms with Crippen molar-refractivity contribution in [3.05, 3.63) is 188 Å². The van der Waals surface area contributed by atoms with Crippen LogP contribution in [-0.2, 0) is 0 Å². The first-order valence-electron chi connectivity index (χ1n) is 16.7. The first-order valence-corrected chi connectivity index (χ1v) is 16.7. The third kappa shape index (κ3) is 5.27. The van der Waals surface area contributed by atoms with E-state index >= 15 is 0 Å². The molecule has 0 fully saturated rings. The van der Waals surface area contributed by atoms with Gasteiger partial charge in [-0.15, -0.1) is 0 Å². The van der Waals surface area contributed by atoms with E-state index in [2.05, 4.69) is 131 Å². The number of rotatable bonds is 7. The Balaban J connectivity index is 1.29. The van der Waals surface area contributed by atoms with Gasteiger partial charge in [-0.1, -0.05) is 146 Å². The van der Waals surface area contributed by atoms with Crippen LogP contribution < -0.4 is 4.90 Å². The van der Waals surface area contributed by atoms with Crippen LogP contribution in [0.1, 0.15) is 0 Å². The number of fused-ring (bicyclic) bond motifs is 3. The summed E-state index contributed by atoms with van der Waals surface area (Å²) in [5.74, 6) is 1.82. The zero-order valence-electron chi connectivity index (χ0n) is 27.1. The van der Waals surface area contributed by atoms with Gasteiger partial charge in [0.1, 0.15) is 0 Å². The van der Waals surface area contributed by atoms with Gasteiger partial charge in [0.05, 0.1) is 16.7 Å². The molecule has 0 aliphatic carbocycles. The highest BCUT2D eigenvalue weighted by Gasteiger charge is 2.23. The van der Waals surface area contributed by atoms with Crippen LogP contribution in [0.5, 0.6) is 0 Å². The molecule has 0 atom stereocenters. The highest BCUT2D eigenvalue weighted by atomic mass is 15.2. The minimum Gasteiger partial charge on any atom is -0.310 e. The number of anilines is 3. The topological polar surface area (TPSA) is 46.8 Å². The standard InChI is InChI=1S/C45H31N5/c1-5-16-32(17-6-1)33-28-30-37(31-29-33)49(36-22-11-4-12-23-36)40-26-15-27-41-42(40)38-24-13-14-25-39(38)50(41)45-47-43(34-18-7-2-8-19-34)46-44(48-45)35-20-9-3-10-21-35/h1-31H. The summed E-state index contributed by atoms with van der Waals surface area (Å²) in [6, 6.07) is 65.1. The van der Waals surface area contributed by atoms with Gasteiger partial charge in [-0.3, -0.25) is 4.57 Å². The van der Waals surface area contributed by atoms with Crippen LogP contribution in [0.2, 0.25) is 0 Å². The summed E-state index contributed by atoms with van der Waals surface area (Å²) in [6.45, 7) is 0. The molecule has 0 spiro atoms. The van der Waals surface area contributed by atoms with E-state index in [4.69, 9.17) is 15.0 Å². The second-order valence-corrected chi connectivity index (χ2v) is 12.1. The second kappa shape index (κ2) is 12.6. The minimum absolute atomic E-state index is 0.569. The summed E-state index contributed by atoms with van der Waals surface area (Å²) >= 11 is 0. The predicted octanol–water partition coefficient (Wildman–Crippen LogP) is 11.4. The third-order valence-corrected chi connectivity index (χ3v) is 9.05. The van der Waals surface area contributed by atoms with Crippen molar-refractivity contribution < 1.29 is 0 Å². The van der Waals surface area contributed by atoms with Gasteiger partial charge in [0, 0.05) is 33.3 Å². The minimum atomic E-state index is 0.569. The van der Waals surface area contributed by atoms with E-state index < -0.39 is 0 Å². The summed E-state index contributed by atoms with van der Waals surface area (Å²) in [6.07, 6.45) is 0. The number of hydrogen-bond donors (Lipinski definition) is 0. The van der Waals surface area contributed by atoms with Gasteiger partial charge in [-0.2, -0.15) is 9.97 Å². The molecule has 236 valence electrons. The lowest BCUT2D eigenvalue weighted by Gasteiger charge is -2.26. The van der Waals surface area contributed by atoms with Gasteiger partial charge in [0.2, 0.25) is 5.95 Å². The number of para-hydroxylation sites is 2. The van der Waals surface area contributed by atoms with Gasteiger partial charge in [0.15, 0.2) is 11.6 Å². The number of nitrogens with zero attached hydrogens (tertiary/aromatic N) is 5. The van der Waals surface area contributed by atoms with Crippen molar-refractivity contribution in [3.8, 4) is 39.9 Å². The molecule has 0 amide bonds. The molecular formula is C45H31N5. The Morgan fingerprint density at radius 1 is 0.360 bits per heavy atom. The fourth-order valence-electron chi connectivity index (χ4n) is 6.74. The van der Waals surface area contributed by atoms with E-state index in [-0.39, 0.29) is 0 Å². The molecule has 0 bridgehead atoms. The molecule has 0 aliphatic heterocycles. The molecule has 2 aromatic heterocycles. The summed E-state index contributed by atoms with van der Waals surface area (Å²) in [5, 5.41) is 2.23. The maximum Gasteiger partial charge on any atom is 0.238 e. The molecule has 50 heavy (non-hydrogen) atoms. The third-order valence-electron chi connectivity index (χ3n) is 9.05. The number of hydrogen-bond acceptors (Lipinski definition) is 4. The Hall–Kier alpha value is -6.85. The maximum atomic E-state index is 5.13. The monoisotopic (exact) mass is 641 g/mol. The van der Waals surface area contributed by atoms with Crippen LogP contribution in [0, 0.1) is 0 Å². The van der Waals surface area contributed by atoms with Crippen LogP contribution in [-0.4, -0.2) is 19.5 Å². The van der Waals surface area contributed by atoms with Crippen LogP contribution in [0.3, 0.4) is 0 Å². The molecule has 5 heteroatoms. The zero-order chi connectivity index (χ0) is 33.3. The highest BCUT2D eigenvalue weighted by molar-refractivity contribution is 6.16. The largest absolute Gasteiger partial charge is 0.310 e. The zero-order valence-corrected chi connectivity index (χ0v) is 27.1. The van der Waals surface area contributed by atoms with Gasteiger partial charge in [-0.05, 0) is 53.6 Å². The van der Waals surface area contributed by atoms with Crippen LogP contribution in [0.15, 0.2) is 188 Å². The van der Waals surface area contributed by atoms with Crippen molar-refractivity contribution in [1.82, 2.24) is 19.5 Å². The number of aromatic nitrogens is 4. The Kier molecular flexibility index (Phi) is 7.41. The first-order chi connectivity index (χ1) is 24.8. The molecule has 0 unspecified atom stereocenters. The van der Waals surface area contributed by atoms with E-state index in [1.807, 2.05) is 66.7 Å². The van der Waals surface area contributed by atoms with Gasteiger partial charge >= 0.3 is 0 Å². The molecule has 0 radical (unpaired) electrons. The first kappa shape index (κ1) is 29.3. The fraction of sp³-hybridized carbons (Fsp3) is 0. The summed E-state index contributed by atoms with van der Waals surface area (Å²) in [4.78, 5) is 17.6. The Labute approximate surface area is 290 Å². The molecule has 7 aromatic carbocycles. The number of benzene rings is 7. The second-order valence-electron chi connectivity index (χ2n) is 12.1. The summed E-state index contributed by atoms with van der Waals surface area (Å²) < 4.78 is 2.18.